The molecular weight excluding hydrogens is 248 g/mol. The first-order chi connectivity index (χ1) is 9.77. The summed E-state index contributed by atoms with van der Waals surface area (Å²) in [4.78, 5) is 10.2. The van der Waals surface area contributed by atoms with Crippen molar-refractivity contribution in [3.63, 3.8) is 0 Å². The molecule has 0 saturated carbocycles. The number of aliphatic carboxylic acids is 1. The van der Waals surface area contributed by atoms with E-state index in [0.29, 0.717) is 0 Å². The summed E-state index contributed by atoms with van der Waals surface area (Å²) in [6.45, 7) is 2.26. The molecule has 0 aliphatic rings. The van der Waals surface area contributed by atoms with Crippen molar-refractivity contribution in [2.24, 2.45) is 0 Å². The molecule has 1 N–H and O–H groups in total. The van der Waals surface area contributed by atoms with E-state index in [0.717, 1.165) is 12.8 Å². The molecule has 0 aromatic heterocycles. The highest BCUT2D eigenvalue weighted by molar-refractivity contribution is 5.79. The molecule has 0 atom stereocenters. The molecule has 0 aliphatic carbocycles. The van der Waals surface area contributed by atoms with Crippen LogP contribution in [-0.4, -0.2) is 11.1 Å². The Morgan fingerprint density at radius 1 is 0.750 bits per heavy atom. The van der Waals surface area contributed by atoms with Crippen molar-refractivity contribution in [3.8, 4) is 0 Å². The Bertz CT molecular complexity index is 267. The fraction of sp³-hybridized carbons (Fsp3) is 0.722. The molecule has 0 heterocycles. The standard InChI is InChI=1S/C18H32O2/c1-2-3-4-5-6-7-8-9-10-11-12-13-14-15-16-17-18(19)20/h12-13,16-17H,2-11,14-15H2,1H3,(H,19,20)/b13-12-,17-16-. The summed E-state index contributed by atoms with van der Waals surface area (Å²) < 4.78 is 0. The van der Waals surface area contributed by atoms with Crippen molar-refractivity contribution in [2.45, 2.75) is 84.0 Å². The summed E-state index contributed by atoms with van der Waals surface area (Å²) in [5.74, 6) is -0.858. The van der Waals surface area contributed by atoms with Crippen LogP contribution in [0.4, 0.5) is 0 Å². The Balaban J connectivity index is 3.13. The van der Waals surface area contributed by atoms with E-state index >= 15 is 0 Å². The molecule has 0 amide bonds. The SMILES string of the molecule is CCCCCCCCCCC/C=C\CC/C=C\C(=O)O. The number of carbonyl (C=O) groups is 1. The number of unbranched alkanes of at least 4 members (excludes halogenated alkanes) is 10. The zero-order valence-corrected chi connectivity index (χ0v) is 13.2. The van der Waals surface area contributed by atoms with Gasteiger partial charge in [0.15, 0.2) is 0 Å². The molecule has 0 rings (SSSR count). The summed E-state index contributed by atoms with van der Waals surface area (Å²) in [5.41, 5.74) is 0. The second kappa shape index (κ2) is 16.0. The molecular formula is C18H32O2. The van der Waals surface area contributed by atoms with Gasteiger partial charge < -0.3 is 5.11 Å². The Kier molecular flexibility index (Phi) is 15.2. The van der Waals surface area contributed by atoms with Crippen LogP contribution in [0.5, 0.6) is 0 Å². The topological polar surface area (TPSA) is 37.3 Å². The van der Waals surface area contributed by atoms with Crippen LogP contribution in [0, 0.1) is 0 Å². The second-order valence-corrected chi connectivity index (χ2v) is 5.41. The van der Waals surface area contributed by atoms with Gasteiger partial charge in [0, 0.05) is 6.08 Å². The van der Waals surface area contributed by atoms with Crippen molar-refractivity contribution >= 4 is 5.97 Å². The summed E-state index contributed by atoms with van der Waals surface area (Å²) in [6.07, 6.45) is 22.6. The number of hydrogen-bond acceptors (Lipinski definition) is 1. The normalized spacial score (nSPS) is 11.7. The minimum Gasteiger partial charge on any atom is -0.478 e. The maximum atomic E-state index is 10.2. The molecule has 0 unspecified atom stereocenters. The van der Waals surface area contributed by atoms with E-state index in [1.54, 1.807) is 6.08 Å². The van der Waals surface area contributed by atoms with E-state index in [4.69, 9.17) is 5.11 Å². The lowest BCUT2D eigenvalue weighted by atomic mass is 10.1. The smallest absolute Gasteiger partial charge is 0.327 e. The van der Waals surface area contributed by atoms with Crippen LogP contribution in [-0.2, 0) is 4.79 Å². The molecule has 2 nitrogen and oxygen atoms in total. The molecule has 0 bridgehead atoms. The third-order valence-corrected chi connectivity index (χ3v) is 3.40. The first kappa shape index (κ1) is 18.9. The molecule has 0 radical (unpaired) electrons. The third kappa shape index (κ3) is 16.9. The second-order valence-electron chi connectivity index (χ2n) is 5.41. The minimum absolute atomic E-state index is 0.820. The Morgan fingerprint density at radius 3 is 1.85 bits per heavy atom. The minimum atomic E-state index is -0.858. The van der Waals surface area contributed by atoms with E-state index < -0.39 is 5.97 Å². The van der Waals surface area contributed by atoms with Crippen LogP contribution in [0.2, 0.25) is 0 Å². The molecule has 0 saturated heterocycles. The molecule has 20 heavy (non-hydrogen) atoms. The highest BCUT2D eigenvalue weighted by Crippen LogP contribution is 2.10. The van der Waals surface area contributed by atoms with E-state index in [-0.39, 0.29) is 0 Å². The summed E-state index contributed by atoms with van der Waals surface area (Å²) in [6, 6.07) is 0. The number of hydrogen-bond donors (Lipinski definition) is 1. The van der Waals surface area contributed by atoms with Crippen LogP contribution in [0.3, 0.4) is 0 Å². The molecule has 116 valence electrons. The number of rotatable bonds is 14. The number of carboxylic acids is 1. The highest BCUT2D eigenvalue weighted by atomic mass is 16.4. The Hall–Kier alpha value is -1.05. The Morgan fingerprint density at radius 2 is 1.25 bits per heavy atom. The third-order valence-electron chi connectivity index (χ3n) is 3.40. The lowest BCUT2D eigenvalue weighted by Gasteiger charge is -2.00. The number of carboxylic acid groups (broad SMARTS) is 1. The van der Waals surface area contributed by atoms with E-state index in [2.05, 4.69) is 19.1 Å². The summed E-state index contributed by atoms with van der Waals surface area (Å²) in [7, 11) is 0. The van der Waals surface area contributed by atoms with Crippen LogP contribution < -0.4 is 0 Å². The van der Waals surface area contributed by atoms with Gasteiger partial charge in [-0.15, -0.1) is 0 Å². The van der Waals surface area contributed by atoms with Crippen molar-refractivity contribution in [1.82, 2.24) is 0 Å². The lowest BCUT2D eigenvalue weighted by molar-refractivity contribution is -0.131. The summed E-state index contributed by atoms with van der Waals surface area (Å²) >= 11 is 0. The molecule has 2 heteroatoms. The van der Waals surface area contributed by atoms with Gasteiger partial charge in [-0.05, 0) is 25.7 Å². The van der Waals surface area contributed by atoms with Crippen LogP contribution in [0.1, 0.15) is 84.0 Å². The monoisotopic (exact) mass is 280 g/mol. The average molecular weight is 280 g/mol. The quantitative estimate of drug-likeness (QED) is 0.245. The van der Waals surface area contributed by atoms with E-state index in [1.165, 1.54) is 70.3 Å². The molecule has 0 spiro atoms. The van der Waals surface area contributed by atoms with Gasteiger partial charge in [0.25, 0.3) is 0 Å². The van der Waals surface area contributed by atoms with Gasteiger partial charge in [0.05, 0.1) is 0 Å². The van der Waals surface area contributed by atoms with E-state index in [1.807, 2.05) is 0 Å². The van der Waals surface area contributed by atoms with Crippen molar-refractivity contribution in [2.75, 3.05) is 0 Å². The molecule has 0 aromatic rings. The molecule has 0 aromatic carbocycles. The van der Waals surface area contributed by atoms with Gasteiger partial charge in [-0.2, -0.15) is 0 Å². The van der Waals surface area contributed by atoms with Crippen molar-refractivity contribution < 1.29 is 9.90 Å². The van der Waals surface area contributed by atoms with Gasteiger partial charge in [0.2, 0.25) is 0 Å². The average Bonchev–Trinajstić information content (AvgIpc) is 2.43. The molecule has 0 fully saturated rings. The fourth-order valence-electron chi connectivity index (χ4n) is 2.19. The number of allylic oxidation sites excluding steroid dienone is 3. The molecule has 0 aliphatic heterocycles. The lowest BCUT2D eigenvalue weighted by Crippen LogP contribution is -1.85. The highest BCUT2D eigenvalue weighted by Gasteiger charge is 1.91. The van der Waals surface area contributed by atoms with Crippen molar-refractivity contribution in [3.05, 3.63) is 24.3 Å². The largest absolute Gasteiger partial charge is 0.478 e. The maximum Gasteiger partial charge on any atom is 0.327 e. The van der Waals surface area contributed by atoms with Gasteiger partial charge in [-0.25, -0.2) is 4.79 Å². The van der Waals surface area contributed by atoms with Crippen LogP contribution >= 0.6 is 0 Å². The van der Waals surface area contributed by atoms with Crippen LogP contribution in [0.15, 0.2) is 24.3 Å². The predicted octanol–water partition coefficient (Wildman–Crippen LogP) is 5.88. The maximum absolute atomic E-state index is 10.2. The van der Waals surface area contributed by atoms with Gasteiger partial charge in [-0.3, -0.25) is 0 Å². The van der Waals surface area contributed by atoms with Crippen molar-refractivity contribution in [1.29, 1.82) is 0 Å². The van der Waals surface area contributed by atoms with E-state index in [9.17, 15) is 4.79 Å². The van der Waals surface area contributed by atoms with Gasteiger partial charge >= 0.3 is 5.97 Å². The first-order valence-corrected chi connectivity index (χ1v) is 8.31. The van der Waals surface area contributed by atoms with Gasteiger partial charge in [0.1, 0.15) is 0 Å². The zero-order chi connectivity index (χ0) is 14.9. The predicted molar refractivity (Wildman–Crippen MR) is 87.0 cm³/mol. The van der Waals surface area contributed by atoms with Crippen LogP contribution in [0.25, 0.3) is 0 Å². The first-order valence-electron chi connectivity index (χ1n) is 8.31. The fourth-order valence-corrected chi connectivity index (χ4v) is 2.19. The van der Waals surface area contributed by atoms with Gasteiger partial charge in [-0.1, -0.05) is 76.5 Å². The summed E-state index contributed by atoms with van der Waals surface area (Å²) in [5, 5.41) is 8.41. The zero-order valence-electron chi connectivity index (χ0n) is 13.2. The Labute approximate surface area is 125 Å².